The molecule has 7 nitrogen and oxygen atoms in total. The number of hydrogen-bond acceptors (Lipinski definition) is 7. The quantitative estimate of drug-likeness (QED) is 0.808. The molecule has 158 valence electrons. The second kappa shape index (κ2) is 8.88. The van der Waals surface area contributed by atoms with E-state index < -0.39 is 0 Å². The minimum absolute atomic E-state index is 0.417. The number of aromatic nitrogens is 2. The zero-order valence-corrected chi connectivity index (χ0v) is 18.1. The molecule has 0 saturated carbocycles. The standard InChI is InChI=1S/C23H30N6O/c1-16-9-10-18(13-17(16)14-24)26-23-25-15-21(30-3)22(27-23)28(2)19-8-6-12-29-11-5-4-7-20(19)29/h9-10,13,15,19-20H,4-8,11-12H2,1-3H3,(H,25,26,27)/t19-,20+/m0/s1. The smallest absolute Gasteiger partial charge is 0.229 e. The summed E-state index contributed by atoms with van der Waals surface area (Å²) in [5.74, 6) is 1.99. The van der Waals surface area contributed by atoms with Gasteiger partial charge in [-0.05, 0) is 63.4 Å². The van der Waals surface area contributed by atoms with Crippen LogP contribution in [0.15, 0.2) is 24.4 Å². The molecule has 30 heavy (non-hydrogen) atoms. The minimum Gasteiger partial charge on any atom is -0.491 e. The second-order valence-electron chi connectivity index (χ2n) is 8.27. The van der Waals surface area contributed by atoms with Gasteiger partial charge in [-0.25, -0.2) is 4.98 Å². The van der Waals surface area contributed by atoms with Gasteiger partial charge in [0.25, 0.3) is 0 Å². The van der Waals surface area contributed by atoms with Crippen LogP contribution >= 0.6 is 0 Å². The Bertz CT molecular complexity index is 938. The van der Waals surface area contributed by atoms with E-state index >= 15 is 0 Å². The lowest BCUT2D eigenvalue weighted by molar-refractivity contribution is 0.0892. The van der Waals surface area contributed by atoms with Crippen LogP contribution in [0.4, 0.5) is 17.5 Å². The van der Waals surface area contributed by atoms with Crippen molar-refractivity contribution in [1.82, 2.24) is 14.9 Å². The molecule has 2 saturated heterocycles. The van der Waals surface area contributed by atoms with Crippen molar-refractivity contribution in [2.75, 3.05) is 37.5 Å². The third-order valence-corrected chi connectivity index (χ3v) is 6.46. The number of fused-ring (bicyclic) bond motifs is 1. The van der Waals surface area contributed by atoms with E-state index in [4.69, 9.17) is 9.72 Å². The Morgan fingerprint density at radius 1 is 1.23 bits per heavy atom. The molecule has 2 aromatic rings. The van der Waals surface area contributed by atoms with Gasteiger partial charge in [0, 0.05) is 24.8 Å². The number of methoxy groups -OCH3 is 1. The van der Waals surface area contributed by atoms with Crippen molar-refractivity contribution in [2.24, 2.45) is 0 Å². The molecular weight excluding hydrogens is 376 g/mol. The molecule has 2 fully saturated rings. The summed E-state index contributed by atoms with van der Waals surface area (Å²) in [6.45, 7) is 4.34. The van der Waals surface area contributed by atoms with Crippen LogP contribution in [0.2, 0.25) is 0 Å². The maximum absolute atomic E-state index is 9.30. The highest BCUT2D eigenvalue weighted by Crippen LogP contribution is 2.34. The molecular formula is C23H30N6O. The zero-order chi connectivity index (χ0) is 21.1. The number of anilines is 3. The largest absolute Gasteiger partial charge is 0.491 e. The Morgan fingerprint density at radius 3 is 2.87 bits per heavy atom. The van der Waals surface area contributed by atoms with Crippen LogP contribution in [0.1, 0.15) is 43.2 Å². The van der Waals surface area contributed by atoms with Gasteiger partial charge >= 0.3 is 0 Å². The summed E-state index contributed by atoms with van der Waals surface area (Å²) in [4.78, 5) is 14.2. The lowest BCUT2D eigenvalue weighted by Crippen LogP contribution is -2.56. The molecule has 7 heteroatoms. The Hall–Kier alpha value is -2.85. The average molecular weight is 407 g/mol. The number of benzene rings is 1. The highest BCUT2D eigenvalue weighted by Gasteiger charge is 2.36. The van der Waals surface area contributed by atoms with Gasteiger partial charge in [0.05, 0.1) is 24.9 Å². The van der Waals surface area contributed by atoms with E-state index in [1.807, 2.05) is 25.1 Å². The summed E-state index contributed by atoms with van der Waals surface area (Å²) in [7, 11) is 3.78. The fraction of sp³-hybridized carbons (Fsp3) is 0.522. The fourth-order valence-corrected chi connectivity index (χ4v) is 4.80. The number of nitrogens with one attached hydrogen (secondary N) is 1. The Balaban J connectivity index is 1.60. The maximum atomic E-state index is 9.30. The van der Waals surface area contributed by atoms with Crippen molar-refractivity contribution in [2.45, 2.75) is 51.1 Å². The zero-order valence-electron chi connectivity index (χ0n) is 18.1. The first-order chi connectivity index (χ1) is 14.6. The Morgan fingerprint density at radius 2 is 2.07 bits per heavy atom. The number of hydrogen-bond donors (Lipinski definition) is 1. The molecule has 3 heterocycles. The second-order valence-corrected chi connectivity index (χ2v) is 8.27. The van der Waals surface area contributed by atoms with Gasteiger partial charge in [-0.1, -0.05) is 12.5 Å². The molecule has 1 aromatic heterocycles. The van der Waals surface area contributed by atoms with Crippen molar-refractivity contribution in [3.63, 3.8) is 0 Å². The number of rotatable bonds is 5. The predicted octanol–water partition coefficient (Wildman–Crippen LogP) is 3.86. The normalized spacial score (nSPS) is 21.4. The molecule has 1 N–H and O–H groups in total. The van der Waals surface area contributed by atoms with E-state index in [0.29, 0.717) is 29.3 Å². The number of piperidine rings is 2. The Labute approximate surface area is 178 Å². The molecule has 2 aliphatic heterocycles. The minimum atomic E-state index is 0.417. The van der Waals surface area contributed by atoms with Gasteiger partial charge in [-0.15, -0.1) is 0 Å². The van der Waals surface area contributed by atoms with Gasteiger partial charge < -0.3 is 15.0 Å². The lowest BCUT2D eigenvalue weighted by Gasteiger charge is -2.47. The van der Waals surface area contributed by atoms with E-state index in [0.717, 1.165) is 23.5 Å². The monoisotopic (exact) mass is 406 g/mol. The van der Waals surface area contributed by atoms with E-state index in [2.05, 4.69) is 33.2 Å². The lowest BCUT2D eigenvalue weighted by atomic mass is 9.88. The predicted molar refractivity (Wildman–Crippen MR) is 118 cm³/mol. The first-order valence-corrected chi connectivity index (χ1v) is 10.8. The molecule has 0 spiro atoms. The topological polar surface area (TPSA) is 77.3 Å². The first kappa shape index (κ1) is 20.4. The average Bonchev–Trinajstić information content (AvgIpc) is 2.79. The number of aryl methyl sites for hydroxylation is 1. The van der Waals surface area contributed by atoms with Crippen molar-refractivity contribution < 1.29 is 4.74 Å². The summed E-state index contributed by atoms with van der Waals surface area (Å²) in [6, 6.07) is 8.91. The van der Waals surface area contributed by atoms with E-state index in [1.54, 1.807) is 13.3 Å². The molecule has 0 radical (unpaired) electrons. The van der Waals surface area contributed by atoms with Crippen LogP contribution in [0.25, 0.3) is 0 Å². The summed E-state index contributed by atoms with van der Waals surface area (Å²) in [6.07, 6.45) is 7.95. The van der Waals surface area contributed by atoms with Crippen LogP contribution in [-0.4, -0.2) is 54.2 Å². The van der Waals surface area contributed by atoms with Gasteiger partial charge in [0.2, 0.25) is 5.95 Å². The SMILES string of the molecule is COc1cnc(Nc2ccc(C)c(C#N)c2)nc1N(C)[C@H]1CCCN2CCCC[C@H]12. The molecule has 1 aromatic carbocycles. The van der Waals surface area contributed by atoms with Crippen LogP contribution < -0.4 is 15.0 Å². The fourth-order valence-electron chi connectivity index (χ4n) is 4.80. The number of nitrogens with zero attached hydrogens (tertiary/aromatic N) is 5. The Kier molecular flexibility index (Phi) is 6.05. The van der Waals surface area contributed by atoms with E-state index in [9.17, 15) is 5.26 Å². The third-order valence-electron chi connectivity index (χ3n) is 6.46. The summed E-state index contributed by atoms with van der Waals surface area (Å²) < 4.78 is 5.60. The van der Waals surface area contributed by atoms with Gasteiger partial charge in [0.15, 0.2) is 11.6 Å². The molecule has 2 atom stereocenters. The summed E-state index contributed by atoms with van der Waals surface area (Å²) in [5, 5.41) is 12.5. The van der Waals surface area contributed by atoms with Gasteiger partial charge in [-0.2, -0.15) is 10.2 Å². The molecule has 4 rings (SSSR count). The highest BCUT2D eigenvalue weighted by molar-refractivity contribution is 5.61. The van der Waals surface area contributed by atoms with Crippen molar-refractivity contribution in [3.8, 4) is 11.8 Å². The van der Waals surface area contributed by atoms with Crippen molar-refractivity contribution in [3.05, 3.63) is 35.5 Å². The summed E-state index contributed by atoms with van der Waals surface area (Å²) in [5.41, 5.74) is 2.39. The van der Waals surface area contributed by atoms with Crippen LogP contribution in [0.5, 0.6) is 5.75 Å². The molecule has 0 unspecified atom stereocenters. The maximum Gasteiger partial charge on any atom is 0.229 e. The number of ether oxygens (including phenoxy) is 1. The van der Waals surface area contributed by atoms with Gasteiger partial charge in [0.1, 0.15) is 0 Å². The first-order valence-electron chi connectivity index (χ1n) is 10.8. The molecule has 0 aliphatic carbocycles. The van der Waals surface area contributed by atoms with Crippen LogP contribution in [-0.2, 0) is 0 Å². The van der Waals surface area contributed by atoms with Crippen molar-refractivity contribution >= 4 is 17.5 Å². The number of nitriles is 1. The third kappa shape index (κ3) is 4.05. The number of likely N-dealkylation sites (N-methyl/N-ethyl adjacent to an activating group) is 1. The van der Waals surface area contributed by atoms with Crippen molar-refractivity contribution in [1.29, 1.82) is 5.26 Å². The van der Waals surface area contributed by atoms with E-state index in [-0.39, 0.29) is 0 Å². The molecule has 2 aliphatic rings. The van der Waals surface area contributed by atoms with Gasteiger partial charge in [-0.3, -0.25) is 4.90 Å². The molecule has 0 bridgehead atoms. The highest BCUT2D eigenvalue weighted by atomic mass is 16.5. The van der Waals surface area contributed by atoms with Crippen LogP contribution in [0, 0.1) is 18.3 Å². The summed E-state index contributed by atoms with van der Waals surface area (Å²) >= 11 is 0. The molecule has 0 amide bonds. The van der Waals surface area contributed by atoms with Crippen LogP contribution in [0.3, 0.4) is 0 Å². The van der Waals surface area contributed by atoms with E-state index in [1.165, 1.54) is 38.8 Å².